The van der Waals surface area contributed by atoms with Gasteiger partial charge in [0.15, 0.2) is 23.8 Å². The van der Waals surface area contributed by atoms with Gasteiger partial charge in [-0.2, -0.15) is 0 Å². The van der Waals surface area contributed by atoms with E-state index in [9.17, 15) is 15.0 Å². The molecule has 2 saturated heterocycles. The molecule has 0 spiro atoms. The minimum Gasteiger partial charge on any atom is -0.387 e. The van der Waals surface area contributed by atoms with Crippen LogP contribution in [0.2, 0.25) is 0 Å². The zero-order valence-electron chi connectivity index (χ0n) is 17.2. The number of aliphatic hydroxyl groups is 2. The quantitative estimate of drug-likeness (QED) is 0.326. The number of hydrogen-bond donors (Lipinski definition) is 5. The number of nitrogen functional groups attached to an aromatic ring is 1. The van der Waals surface area contributed by atoms with Gasteiger partial charge in [-0.1, -0.05) is 5.92 Å². The Morgan fingerprint density at radius 1 is 1.35 bits per heavy atom. The first-order valence-electron chi connectivity index (χ1n) is 10.2. The number of fused-ring (bicyclic) bond motifs is 1. The predicted octanol–water partition coefficient (Wildman–Crippen LogP) is -2.58. The molecule has 3 unspecified atom stereocenters. The van der Waals surface area contributed by atoms with Crippen LogP contribution in [0.15, 0.2) is 6.33 Å². The molecule has 0 radical (unpaired) electrons. The highest BCUT2D eigenvalue weighted by atomic mass is 16.6. The number of nitrogens with one attached hydrogen (secondary N) is 2. The Labute approximate surface area is 178 Å². The highest BCUT2D eigenvalue weighted by molar-refractivity contribution is 5.83. The van der Waals surface area contributed by atoms with Gasteiger partial charge in [0.2, 0.25) is 5.82 Å². The van der Waals surface area contributed by atoms with Crippen LogP contribution in [0.3, 0.4) is 0 Å². The van der Waals surface area contributed by atoms with Crippen LogP contribution in [-0.2, 0) is 9.53 Å². The van der Waals surface area contributed by atoms with Crippen molar-refractivity contribution < 1.29 is 19.7 Å². The number of imidazole rings is 1. The number of carbonyl (C=O) groups is 1. The van der Waals surface area contributed by atoms with Crippen molar-refractivity contribution in [1.29, 1.82) is 0 Å². The van der Waals surface area contributed by atoms with Crippen LogP contribution >= 0.6 is 0 Å². The van der Waals surface area contributed by atoms with Crippen molar-refractivity contribution in [2.24, 2.45) is 0 Å². The lowest BCUT2D eigenvalue weighted by atomic mass is 10.1. The third kappa shape index (κ3) is 4.32. The van der Waals surface area contributed by atoms with E-state index >= 15 is 0 Å². The van der Waals surface area contributed by atoms with E-state index in [-0.39, 0.29) is 11.6 Å². The number of amides is 1. The maximum Gasteiger partial charge on any atom is 0.252 e. The highest BCUT2D eigenvalue weighted by Gasteiger charge is 2.47. The molecular formula is C19H26N8O4. The molecule has 2 fully saturated rings. The summed E-state index contributed by atoms with van der Waals surface area (Å²) in [5.41, 5.74) is 6.65. The first-order chi connectivity index (χ1) is 15.0. The van der Waals surface area contributed by atoms with E-state index in [1.807, 2.05) is 0 Å². The lowest BCUT2D eigenvalue weighted by Gasteiger charge is -2.24. The Morgan fingerprint density at radius 3 is 2.87 bits per heavy atom. The maximum absolute atomic E-state index is 12.1. The summed E-state index contributed by atoms with van der Waals surface area (Å²) in [5.74, 6) is 5.84. The minimum atomic E-state index is -1.40. The summed E-state index contributed by atoms with van der Waals surface area (Å²) in [4.78, 5) is 27.2. The molecule has 6 N–H and O–H groups in total. The van der Waals surface area contributed by atoms with Gasteiger partial charge in [-0.3, -0.25) is 14.3 Å². The van der Waals surface area contributed by atoms with Crippen LogP contribution in [0.4, 0.5) is 5.82 Å². The lowest BCUT2D eigenvalue weighted by Crippen LogP contribution is -2.43. The number of likely N-dealkylation sites (N-methyl/N-ethyl adjacent to an activating group) is 1. The van der Waals surface area contributed by atoms with Gasteiger partial charge in [-0.15, -0.1) is 0 Å². The van der Waals surface area contributed by atoms with Gasteiger partial charge in [0.05, 0.1) is 12.9 Å². The first kappa shape index (κ1) is 21.4. The number of nitrogens with zero attached hydrogens (tertiary/aromatic N) is 5. The average molecular weight is 430 g/mol. The summed E-state index contributed by atoms with van der Waals surface area (Å²) in [6.07, 6.45) is -3.65. The van der Waals surface area contributed by atoms with Crippen LogP contribution in [0.1, 0.15) is 19.0 Å². The van der Waals surface area contributed by atoms with Crippen molar-refractivity contribution in [1.82, 2.24) is 35.1 Å². The normalized spacial score (nSPS) is 26.5. The van der Waals surface area contributed by atoms with Crippen LogP contribution < -0.4 is 16.4 Å². The number of anilines is 1. The maximum atomic E-state index is 12.1. The van der Waals surface area contributed by atoms with Crippen LogP contribution in [0.5, 0.6) is 0 Å². The van der Waals surface area contributed by atoms with Crippen molar-refractivity contribution in [3.63, 3.8) is 0 Å². The number of ether oxygens (including phenoxy) is 1. The summed E-state index contributed by atoms with van der Waals surface area (Å²) in [5, 5.41) is 26.6. The van der Waals surface area contributed by atoms with Crippen molar-refractivity contribution in [3.8, 4) is 11.8 Å². The molecule has 4 rings (SSSR count). The molecular weight excluding hydrogens is 404 g/mol. The van der Waals surface area contributed by atoms with E-state index in [4.69, 9.17) is 10.5 Å². The molecule has 1 amide bonds. The summed E-state index contributed by atoms with van der Waals surface area (Å²) >= 11 is 0. The standard InChI is InChI=1S/C19H26N8O4/c1-2-22-18(30)15-13(28)14(29)19(31-15)27-10-23-12-16(20)24-11(25-17(12)27)4-3-7-26-8-5-21-6-9-26/h10,13-15,19,21,28-29H,2,5-9H2,1H3,(H,22,30)(H2,20,24,25)/t13?,14?,15?,19-/m0/s1. The number of aromatic nitrogens is 4. The molecule has 31 heavy (non-hydrogen) atoms. The van der Waals surface area contributed by atoms with Crippen LogP contribution in [0.25, 0.3) is 11.2 Å². The average Bonchev–Trinajstić information content (AvgIpc) is 3.31. The number of rotatable bonds is 4. The van der Waals surface area contributed by atoms with E-state index < -0.39 is 30.4 Å². The fraction of sp³-hybridized carbons (Fsp3) is 0.579. The Hall–Kier alpha value is -2.82. The van der Waals surface area contributed by atoms with E-state index in [2.05, 4.69) is 42.3 Å². The van der Waals surface area contributed by atoms with Gasteiger partial charge >= 0.3 is 0 Å². The SMILES string of the molecule is CCNC(=O)C1O[C@H](n2cnc3c(N)nc(C#CCN4CCNCC4)nc32)C(O)C1O. The number of aliphatic hydroxyl groups excluding tert-OH is 2. The Bertz CT molecular complexity index is 1010. The molecule has 2 aliphatic rings. The van der Waals surface area contributed by atoms with E-state index in [0.717, 1.165) is 26.2 Å². The fourth-order valence-electron chi connectivity index (χ4n) is 3.66. The molecule has 0 aromatic carbocycles. The second-order valence-corrected chi connectivity index (χ2v) is 7.41. The molecule has 2 aliphatic heterocycles. The lowest BCUT2D eigenvalue weighted by molar-refractivity contribution is -0.137. The van der Waals surface area contributed by atoms with E-state index in [1.165, 1.54) is 10.9 Å². The molecule has 166 valence electrons. The first-order valence-corrected chi connectivity index (χ1v) is 10.2. The molecule has 12 heteroatoms. The number of hydrogen-bond acceptors (Lipinski definition) is 10. The van der Waals surface area contributed by atoms with E-state index in [1.54, 1.807) is 6.92 Å². The Kier molecular flexibility index (Phi) is 6.30. The van der Waals surface area contributed by atoms with Crippen molar-refractivity contribution in [2.75, 3.05) is 45.0 Å². The summed E-state index contributed by atoms with van der Waals surface area (Å²) in [6.45, 7) is 6.44. The van der Waals surface area contributed by atoms with Gasteiger partial charge < -0.3 is 31.3 Å². The third-order valence-corrected chi connectivity index (χ3v) is 5.28. The van der Waals surface area contributed by atoms with Crippen molar-refractivity contribution in [3.05, 3.63) is 12.2 Å². The van der Waals surface area contributed by atoms with Gasteiger partial charge in [-0.25, -0.2) is 15.0 Å². The summed E-state index contributed by atoms with van der Waals surface area (Å²) in [6, 6.07) is 0. The molecule has 4 heterocycles. The van der Waals surface area contributed by atoms with Crippen molar-refractivity contribution in [2.45, 2.75) is 31.5 Å². The van der Waals surface area contributed by atoms with Gasteiger partial charge in [0.25, 0.3) is 5.91 Å². The van der Waals surface area contributed by atoms with Gasteiger partial charge in [0, 0.05) is 32.7 Å². The Morgan fingerprint density at radius 2 is 2.13 bits per heavy atom. The second kappa shape index (κ2) is 9.13. The Balaban J connectivity index is 1.58. The molecule has 2 aromatic rings. The molecule has 0 bridgehead atoms. The van der Waals surface area contributed by atoms with Crippen LogP contribution in [0, 0.1) is 11.8 Å². The molecule has 0 aliphatic carbocycles. The summed E-state index contributed by atoms with van der Waals surface area (Å²) < 4.78 is 7.09. The largest absolute Gasteiger partial charge is 0.387 e. The fourth-order valence-corrected chi connectivity index (χ4v) is 3.66. The number of nitrogens with two attached hydrogens (primary N) is 1. The monoisotopic (exact) mass is 430 g/mol. The zero-order chi connectivity index (χ0) is 22.0. The second-order valence-electron chi connectivity index (χ2n) is 7.41. The minimum absolute atomic E-state index is 0.142. The van der Waals surface area contributed by atoms with Crippen molar-refractivity contribution >= 4 is 22.9 Å². The molecule has 2 aromatic heterocycles. The van der Waals surface area contributed by atoms with Gasteiger partial charge in [0.1, 0.15) is 17.7 Å². The molecule has 4 atom stereocenters. The summed E-state index contributed by atoms with van der Waals surface area (Å²) in [7, 11) is 0. The number of piperazine rings is 1. The number of carbonyl (C=O) groups excluding carboxylic acids is 1. The molecule has 0 saturated carbocycles. The highest BCUT2D eigenvalue weighted by Crippen LogP contribution is 2.32. The topological polar surface area (TPSA) is 164 Å². The predicted molar refractivity (Wildman–Crippen MR) is 111 cm³/mol. The van der Waals surface area contributed by atoms with Crippen LogP contribution in [-0.4, -0.2) is 98.1 Å². The third-order valence-electron chi connectivity index (χ3n) is 5.28. The van der Waals surface area contributed by atoms with Gasteiger partial charge in [-0.05, 0) is 12.8 Å². The smallest absolute Gasteiger partial charge is 0.252 e. The molecule has 12 nitrogen and oxygen atoms in total. The van der Waals surface area contributed by atoms with E-state index in [0.29, 0.717) is 24.3 Å². The zero-order valence-corrected chi connectivity index (χ0v) is 17.2.